The highest BCUT2D eigenvalue weighted by Crippen LogP contribution is 2.32. The Morgan fingerprint density at radius 2 is 1.77 bits per heavy atom. The predicted molar refractivity (Wildman–Crippen MR) is 104 cm³/mol. The second-order valence-corrected chi connectivity index (χ2v) is 6.74. The highest BCUT2D eigenvalue weighted by atomic mass is 19.2. The van der Waals surface area contributed by atoms with E-state index < -0.39 is 23.3 Å². The third-order valence-electron chi connectivity index (χ3n) is 4.62. The number of pyridine rings is 1. The van der Waals surface area contributed by atoms with Crippen molar-refractivity contribution in [1.29, 1.82) is 0 Å². The molecule has 1 saturated heterocycles. The van der Waals surface area contributed by atoms with Crippen molar-refractivity contribution in [3.8, 4) is 11.6 Å². The van der Waals surface area contributed by atoms with Gasteiger partial charge in [0.1, 0.15) is 5.75 Å². The van der Waals surface area contributed by atoms with Crippen LogP contribution in [-0.4, -0.2) is 24.1 Å². The third kappa shape index (κ3) is 4.29. The Bertz CT molecular complexity index is 1050. The van der Waals surface area contributed by atoms with Crippen LogP contribution in [0.1, 0.15) is 22.8 Å². The highest BCUT2D eigenvalue weighted by Gasteiger charge is 2.32. The van der Waals surface area contributed by atoms with Crippen molar-refractivity contribution in [3.05, 3.63) is 83.6 Å². The van der Waals surface area contributed by atoms with Crippen LogP contribution in [0, 0.1) is 11.6 Å². The molecule has 154 valence electrons. The molecular weight excluding hydrogens is 394 g/mol. The van der Waals surface area contributed by atoms with Gasteiger partial charge in [0, 0.05) is 17.2 Å². The van der Waals surface area contributed by atoms with Gasteiger partial charge in [-0.2, -0.15) is 0 Å². The summed E-state index contributed by atoms with van der Waals surface area (Å²) in [6.07, 6.45) is 1.41. The van der Waals surface area contributed by atoms with E-state index in [1.807, 2.05) is 19.1 Å². The lowest BCUT2D eigenvalue weighted by molar-refractivity contribution is -0.149. The minimum Gasteiger partial charge on any atom is -0.439 e. The van der Waals surface area contributed by atoms with Crippen LogP contribution >= 0.6 is 0 Å². The van der Waals surface area contributed by atoms with Gasteiger partial charge in [-0.05, 0) is 55.5 Å². The molecule has 1 fully saturated rings. The number of carbonyl (C=O) groups excluding carboxylic acids is 1. The zero-order chi connectivity index (χ0) is 21.1. The minimum absolute atomic E-state index is 0.00164. The summed E-state index contributed by atoms with van der Waals surface area (Å²) in [5.41, 5.74) is 1.27. The fourth-order valence-electron chi connectivity index (χ4n) is 2.98. The fraction of sp³-hybridized carbons (Fsp3) is 0.182. The van der Waals surface area contributed by atoms with Crippen molar-refractivity contribution < 1.29 is 27.8 Å². The molecule has 30 heavy (non-hydrogen) atoms. The van der Waals surface area contributed by atoms with Crippen molar-refractivity contribution in [2.45, 2.75) is 12.7 Å². The molecule has 1 aliphatic heterocycles. The van der Waals surface area contributed by atoms with Crippen molar-refractivity contribution in [2.75, 3.05) is 18.5 Å². The summed E-state index contributed by atoms with van der Waals surface area (Å²) in [6, 6.07) is 13.4. The van der Waals surface area contributed by atoms with E-state index in [9.17, 15) is 13.6 Å². The van der Waals surface area contributed by atoms with Gasteiger partial charge in [-0.25, -0.2) is 13.8 Å². The number of aromatic nitrogens is 1. The molecule has 3 aromatic rings. The molecule has 2 aromatic carbocycles. The topological polar surface area (TPSA) is 69.7 Å². The monoisotopic (exact) mass is 412 g/mol. The number of hydrogen-bond acceptors (Lipinski definition) is 5. The van der Waals surface area contributed by atoms with Gasteiger partial charge in [0.2, 0.25) is 5.88 Å². The summed E-state index contributed by atoms with van der Waals surface area (Å²) < 4.78 is 43.2. The number of benzene rings is 2. The molecule has 1 aromatic heterocycles. The lowest BCUT2D eigenvalue weighted by Crippen LogP contribution is -2.22. The summed E-state index contributed by atoms with van der Waals surface area (Å²) in [5.74, 6) is -2.52. The van der Waals surface area contributed by atoms with Crippen molar-refractivity contribution in [3.63, 3.8) is 0 Å². The Balaban J connectivity index is 1.38. The maximum absolute atomic E-state index is 13.3. The molecule has 0 radical (unpaired) electrons. The van der Waals surface area contributed by atoms with Crippen molar-refractivity contribution in [2.24, 2.45) is 0 Å². The Kier molecular flexibility index (Phi) is 5.43. The number of rotatable bonds is 5. The van der Waals surface area contributed by atoms with Crippen LogP contribution < -0.4 is 10.1 Å². The van der Waals surface area contributed by atoms with E-state index >= 15 is 0 Å². The molecule has 1 N–H and O–H groups in total. The minimum atomic E-state index is -1.09. The van der Waals surface area contributed by atoms with Crippen LogP contribution in [0.15, 0.2) is 60.8 Å². The largest absolute Gasteiger partial charge is 0.439 e. The lowest BCUT2D eigenvalue weighted by atomic mass is 10.1. The molecule has 1 aliphatic rings. The van der Waals surface area contributed by atoms with Crippen LogP contribution in [-0.2, 0) is 15.3 Å². The molecule has 0 spiro atoms. The summed E-state index contributed by atoms with van der Waals surface area (Å²) in [6.45, 7) is 2.97. The maximum atomic E-state index is 13.3. The molecule has 0 aliphatic carbocycles. The van der Waals surface area contributed by atoms with Gasteiger partial charge in [-0.1, -0.05) is 0 Å². The smallest absolute Gasteiger partial charge is 0.255 e. The first kappa shape index (κ1) is 19.9. The van der Waals surface area contributed by atoms with Gasteiger partial charge >= 0.3 is 0 Å². The average Bonchev–Trinajstić information content (AvgIpc) is 3.19. The summed E-state index contributed by atoms with van der Waals surface area (Å²) in [7, 11) is 0. The number of halogens is 2. The maximum Gasteiger partial charge on any atom is 0.255 e. The lowest BCUT2D eigenvalue weighted by Gasteiger charge is -2.22. The van der Waals surface area contributed by atoms with Crippen LogP contribution in [0.4, 0.5) is 14.5 Å². The molecule has 0 atom stereocenters. The number of carbonyl (C=O) groups is 1. The van der Waals surface area contributed by atoms with Crippen LogP contribution in [0.3, 0.4) is 0 Å². The van der Waals surface area contributed by atoms with Gasteiger partial charge in [-0.15, -0.1) is 0 Å². The van der Waals surface area contributed by atoms with E-state index in [0.29, 0.717) is 30.5 Å². The van der Waals surface area contributed by atoms with E-state index in [0.717, 1.165) is 17.7 Å². The van der Waals surface area contributed by atoms with Crippen LogP contribution in [0.2, 0.25) is 0 Å². The van der Waals surface area contributed by atoms with E-state index in [2.05, 4.69) is 10.3 Å². The number of amides is 1. The average molecular weight is 412 g/mol. The molecule has 0 unspecified atom stereocenters. The predicted octanol–water partition coefficient (Wildman–Crippen LogP) is 4.62. The summed E-state index contributed by atoms with van der Waals surface area (Å²) >= 11 is 0. The van der Waals surface area contributed by atoms with Crippen LogP contribution in [0.25, 0.3) is 0 Å². The fourth-order valence-corrected chi connectivity index (χ4v) is 2.98. The molecule has 8 heteroatoms. The summed E-state index contributed by atoms with van der Waals surface area (Å²) in [5, 5.41) is 2.56. The van der Waals surface area contributed by atoms with E-state index in [4.69, 9.17) is 14.2 Å². The van der Waals surface area contributed by atoms with E-state index in [-0.39, 0.29) is 5.56 Å². The van der Waals surface area contributed by atoms with Crippen molar-refractivity contribution in [1.82, 2.24) is 4.98 Å². The first-order valence-corrected chi connectivity index (χ1v) is 9.22. The quantitative estimate of drug-likeness (QED) is 0.662. The molecule has 0 saturated carbocycles. The van der Waals surface area contributed by atoms with Gasteiger partial charge in [0.05, 0.1) is 25.1 Å². The number of hydrogen-bond donors (Lipinski definition) is 1. The van der Waals surface area contributed by atoms with Gasteiger partial charge < -0.3 is 19.5 Å². The second-order valence-electron chi connectivity index (χ2n) is 6.74. The standard InChI is InChI=1S/C22H18F2N2O4/c1-22(28-10-11-29-22)15-3-6-17(7-4-15)30-20-9-5-16(13-25-20)26-21(27)14-2-8-18(23)19(24)12-14/h2-9,12-13H,10-11H2,1H3,(H,26,27). The number of nitrogens with one attached hydrogen (secondary N) is 1. The Labute approximate surface area is 171 Å². The third-order valence-corrected chi connectivity index (χ3v) is 4.62. The first-order valence-electron chi connectivity index (χ1n) is 9.22. The zero-order valence-electron chi connectivity index (χ0n) is 16.0. The number of anilines is 1. The number of ether oxygens (including phenoxy) is 3. The first-order chi connectivity index (χ1) is 14.4. The van der Waals surface area contributed by atoms with Gasteiger partial charge in [0.25, 0.3) is 5.91 Å². The van der Waals surface area contributed by atoms with Gasteiger partial charge in [0.15, 0.2) is 17.4 Å². The zero-order valence-corrected chi connectivity index (χ0v) is 16.0. The summed E-state index contributed by atoms with van der Waals surface area (Å²) in [4.78, 5) is 16.3. The van der Waals surface area contributed by atoms with Crippen molar-refractivity contribution >= 4 is 11.6 Å². The Morgan fingerprint density at radius 1 is 1.03 bits per heavy atom. The van der Waals surface area contributed by atoms with Gasteiger partial charge in [-0.3, -0.25) is 4.79 Å². The Hall–Kier alpha value is -3.36. The molecule has 2 heterocycles. The van der Waals surface area contributed by atoms with E-state index in [1.165, 1.54) is 12.3 Å². The molecule has 1 amide bonds. The molecule has 6 nitrogen and oxygen atoms in total. The normalized spacial score (nSPS) is 15.0. The van der Waals surface area contributed by atoms with Crippen LogP contribution in [0.5, 0.6) is 11.6 Å². The molecule has 0 bridgehead atoms. The number of nitrogens with zero attached hydrogens (tertiary/aromatic N) is 1. The Morgan fingerprint density at radius 3 is 2.40 bits per heavy atom. The van der Waals surface area contributed by atoms with E-state index in [1.54, 1.807) is 24.3 Å². The second kappa shape index (κ2) is 8.17. The highest BCUT2D eigenvalue weighted by molar-refractivity contribution is 6.04. The molecule has 4 rings (SSSR count). The SMILES string of the molecule is CC1(c2ccc(Oc3ccc(NC(=O)c4ccc(F)c(F)c4)cn3)cc2)OCCO1. The molecular formula is C22H18F2N2O4.